The molecule has 2 rings (SSSR count). The lowest BCUT2D eigenvalue weighted by Crippen LogP contribution is -2.24. The molecule has 0 N–H and O–H groups in total. The number of benzene rings is 1. The molecular formula is C12H11BrF2N2O. The van der Waals surface area contributed by atoms with Crippen molar-refractivity contribution in [2.75, 3.05) is 0 Å². The van der Waals surface area contributed by atoms with Gasteiger partial charge in [0.1, 0.15) is 11.6 Å². The lowest BCUT2D eigenvalue weighted by atomic mass is 10.2. The Morgan fingerprint density at radius 1 is 1.22 bits per heavy atom. The molecule has 0 bridgehead atoms. The van der Waals surface area contributed by atoms with E-state index in [0.29, 0.717) is 6.54 Å². The van der Waals surface area contributed by atoms with E-state index in [-0.39, 0.29) is 22.3 Å². The highest BCUT2D eigenvalue weighted by atomic mass is 79.9. The van der Waals surface area contributed by atoms with Crippen LogP contribution in [-0.4, -0.2) is 9.13 Å². The average molecular weight is 317 g/mol. The van der Waals surface area contributed by atoms with Crippen molar-refractivity contribution in [1.82, 2.24) is 9.13 Å². The molecule has 6 heteroatoms. The largest absolute Gasteiger partial charge is 0.328 e. The summed E-state index contributed by atoms with van der Waals surface area (Å²) in [7, 11) is 0. The van der Waals surface area contributed by atoms with Crippen LogP contribution in [0.1, 0.15) is 12.5 Å². The number of halogens is 3. The van der Waals surface area contributed by atoms with Gasteiger partial charge in [0, 0.05) is 24.5 Å². The van der Waals surface area contributed by atoms with Gasteiger partial charge in [-0.1, -0.05) is 0 Å². The van der Waals surface area contributed by atoms with Gasteiger partial charge in [0.05, 0.1) is 11.0 Å². The maximum Gasteiger partial charge on any atom is 0.328 e. The maximum absolute atomic E-state index is 13.8. The number of imidazole rings is 1. The van der Waals surface area contributed by atoms with E-state index in [0.717, 1.165) is 0 Å². The van der Waals surface area contributed by atoms with E-state index in [1.54, 1.807) is 6.20 Å². The van der Waals surface area contributed by atoms with E-state index in [4.69, 9.17) is 0 Å². The zero-order chi connectivity index (χ0) is 13.3. The third-order valence-electron chi connectivity index (χ3n) is 2.73. The molecule has 0 aliphatic heterocycles. The number of aryl methyl sites for hydroxylation is 1. The molecule has 0 atom stereocenters. The molecule has 18 heavy (non-hydrogen) atoms. The minimum Gasteiger partial charge on any atom is -0.300 e. The molecule has 0 aliphatic carbocycles. The second kappa shape index (κ2) is 5.06. The molecule has 2 aromatic rings. The quantitative estimate of drug-likeness (QED) is 0.800. The minimum atomic E-state index is -0.675. The second-order valence-electron chi connectivity index (χ2n) is 3.82. The highest BCUT2D eigenvalue weighted by Crippen LogP contribution is 2.22. The SMILES string of the molecule is CCn1ccn(Cc2c(F)ccc(Br)c2F)c1=O. The Hall–Kier alpha value is -1.43. The third-order valence-corrected chi connectivity index (χ3v) is 3.34. The second-order valence-corrected chi connectivity index (χ2v) is 4.67. The van der Waals surface area contributed by atoms with E-state index in [9.17, 15) is 13.6 Å². The van der Waals surface area contributed by atoms with Gasteiger partial charge in [0.25, 0.3) is 0 Å². The van der Waals surface area contributed by atoms with E-state index >= 15 is 0 Å². The molecule has 0 unspecified atom stereocenters. The predicted octanol–water partition coefficient (Wildman–Crippen LogP) is 2.76. The van der Waals surface area contributed by atoms with Gasteiger partial charge in [0.2, 0.25) is 0 Å². The number of rotatable bonds is 3. The summed E-state index contributed by atoms with van der Waals surface area (Å²) in [6, 6.07) is 2.47. The molecular weight excluding hydrogens is 306 g/mol. The van der Waals surface area contributed by atoms with Crippen LogP contribution in [0.5, 0.6) is 0 Å². The van der Waals surface area contributed by atoms with Gasteiger partial charge < -0.3 is 0 Å². The highest BCUT2D eigenvalue weighted by Gasteiger charge is 2.14. The number of hydrogen-bond donors (Lipinski definition) is 0. The molecule has 0 spiro atoms. The zero-order valence-electron chi connectivity index (χ0n) is 9.66. The standard InChI is InChI=1S/C12H11BrF2N2O/c1-2-16-5-6-17(12(16)18)7-8-10(14)4-3-9(13)11(8)15/h3-6H,2,7H2,1H3. The summed E-state index contributed by atoms with van der Waals surface area (Å²) in [5, 5.41) is 0. The van der Waals surface area contributed by atoms with Crippen LogP contribution in [0.15, 0.2) is 33.8 Å². The molecule has 0 saturated carbocycles. The van der Waals surface area contributed by atoms with Crippen molar-refractivity contribution < 1.29 is 8.78 Å². The summed E-state index contributed by atoms with van der Waals surface area (Å²) >= 11 is 3.00. The molecule has 1 heterocycles. The van der Waals surface area contributed by atoms with Crippen molar-refractivity contribution in [3.8, 4) is 0 Å². The Labute approximate surface area is 111 Å². The Morgan fingerprint density at radius 3 is 2.50 bits per heavy atom. The van der Waals surface area contributed by atoms with Crippen LogP contribution in [0.4, 0.5) is 8.78 Å². The molecule has 0 radical (unpaired) electrons. The monoisotopic (exact) mass is 316 g/mol. The van der Waals surface area contributed by atoms with E-state index in [1.165, 1.54) is 27.5 Å². The van der Waals surface area contributed by atoms with Crippen molar-refractivity contribution in [2.24, 2.45) is 0 Å². The normalized spacial score (nSPS) is 10.9. The molecule has 1 aromatic heterocycles. The Morgan fingerprint density at radius 2 is 1.89 bits per heavy atom. The molecule has 96 valence electrons. The van der Waals surface area contributed by atoms with Crippen molar-refractivity contribution in [3.05, 3.63) is 56.7 Å². The minimum absolute atomic E-state index is 0.122. The lowest BCUT2D eigenvalue weighted by Gasteiger charge is -2.06. The van der Waals surface area contributed by atoms with Crippen molar-refractivity contribution in [3.63, 3.8) is 0 Å². The molecule has 0 saturated heterocycles. The predicted molar refractivity (Wildman–Crippen MR) is 67.5 cm³/mol. The number of aromatic nitrogens is 2. The van der Waals surface area contributed by atoms with Gasteiger partial charge in [-0.2, -0.15) is 0 Å². The lowest BCUT2D eigenvalue weighted by molar-refractivity contribution is 0.535. The third kappa shape index (κ3) is 2.25. The first kappa shape index (κ1) is 13.0. The van der Waals surface area contributed by atoms with Gasteiger partial charge >= 0.3 is 5.69 Å². The summed E-state index contributed by atoms with van der Waals surface area (Å²) in [5.41, 5.74) is -0.406. The van der Waals surface area contributed by atoms with Crippen molar-refractivity contribution in [2.45, 2.75) is 20.0 Å². The summed E-state index contributed by atoms with van der Waals surface area (Å²) in [6.45, 7) is 2.23. The van der Waals surface area contributed by atoms with E-state index < -0.39 is 11.6 Å². The Bertz CT molecular complexity index is 633. The Balaban J connectivity index is 2.43. The van der Waals surface area contributed by atoms with Crippen LogP contribution >= 0.6 is 15.9 Å². The Kier molecular flexibility index (Phi) is 3.65. The van der Waals surface area contributed by atoms with Crippen LogP contribution in [0.3, 0.4) is 0 Å². The van der Waals surface area contributed by atoms with Gasteiger partial charge in [-0.25, -0.2) is 13.6 Å². The molecule has 0 amide bonds. The first-order valence-electron chi connectivity index (χ1n) is 5.42. The van der Waals surface area contributed by atoms with Crippen LogP contribution < -0.4 is 5.69 Å². The van der Waals surface area contributed by atoms with Crippen LogP contribution in [0.25, 0.3) is 0 Å². The first-order valence-corrected chi connectivity index (χ1v) is 6.21. The summed E-state index contributed by atoms with van der Waals surface area (Å²) in [5.74, 6) is -1.34. The average Bonchev–Trinajstić information content (AvgIpc) is 2.71. The number of hydrogen-bond acceptors (Lipinski definition) is 1. The molecule has 0 aliphatic rings. The topological polar surface area (TPSA) is 26.9 Å². The first-order chi connectivity index (χ1) is 8.54. The fraction of sp³-hybridized carbons (Fsp3) is 0.250. The molecule has 0 fully saturated rings. The fourth-order valence-electron chi connectivity index (χ4n) is 1.70. The smallest absolute Gasteiger partial charge is 0.300 e. The van der Waals surface area contributed by atoms with E-state index in [1.807, 2.05) is 6.92 Å². The maximum atomic E-state index is 13.8. The van der Waals surface area contributed by atoms with Gasteiger partial charge in [-0.15, -0.1) is 0 Å². The molecule has 3 nitrogen and oxygen atoms in total. The van der Waals surface area contributed by atoms with Crippen molar-refractivity contribution in [1.29, 1.82) is 0 Å². The summed E-state index contributed by atoms with van der Waals surface area (Å²) in [6.07, 6.45) is 3.11. The summed E-state index contributed by atoms with van der Waals surface area (Å²) < 4.78 is 30.2. The zero-order valence-corrected chi connectivity index (χ0v) is 11.2. The van der Waals surface area contributed by atoms with Gasteiger partial charge in [-0.3, -0.25) is 9.13 Å². The number of nitrogens with zero attached hydrogens (tertiary/aromatic N) is 2. The van der Waals surface area contributed by atoms with E-state index in [2.05, 4.69) is 15.9 Å². The summed E-state index contributed by atoms with van der Waals surface area (Å²) in [4.78, 5) is 11.8. The fourth-order valence-corrected chi connectivity index (χ4v) is 2.07. The van der Waals surface area contributed by atoms with Gasteiger partial charge in [-0.05, 0) is 35.0 Å². The van der Waals surface area contributed by atoms with Crippen molar-refractivity contribution >= 4 is 15.9 Å². The highest BCUT2D eigenvalue weighted by molar-refractivity contribution is 9.10. The van der Waals surface area contributed by atoms with Gasteiger partial charge in [0.15, 0.2) is 0 Å². The van der Waals surface area contributed by atoms with Crippen LogP contribution in [-0.2, 0) is 13.1 Å². The van der Waals surface area contributed by atoms with Crippen LogP contribution in [0, 0.1) is 11.6 Å². The van der Waals surface area contributed by atoms with Crippen LogP contribution in [0.2, 0.25) is 0 Å². The molecule has 1 aromatic carbocycles.